The van der Waals surface area contributed by atoms with E-state index in [-0.39, 0.29) is 4.90 Å². The topological polar surface area (TPSA) is 52.0 Å². The van der Waals surface area contributed by atoms with E-state index in [2.05, 4.69) is 36.8 Å². The second-order valence-electron chi connectivity index (χ2n) is 4.03. The summed E-state index contributed by atoms with van der Waals surface area (Å²) < 4.78 is 27.8. The fraction of sp³-hybridized carbons (Fsp3) is 0.250. The van der Waals surface area contributed by atoms with Gasteiger partial charge in [0, 0.05) is 21.6 Å². The molecule has 19 heavy (non-hydrogen) atoms. The predicted octanol–water partition coefficient (Wildman–Crippen LogP) is 3.52. The normalized spacial score (nSPS) is 11.8. The van der Waals surface area contributed by atoms with Crippen LogP contribution in [0.3, 0.4) is 0 Å². The largest absolute Gasteiger partial charge is 0.270 e. The molecule has 0 radical (unpaired) electrons. The van der Waals surface area contributed by atoms with E-state index in [1.165, 1.54) is 3.97 Å². The van der Waals surface area contributed by atoms with Crippen molar-refractivity contribution in [2.24, 2.45) is 0 Å². The van der Waals surface area contributed by atoms with Crippen LogP contribution in [0.4, 0.5) is 0 Å². The molecular formula is C12H12Br2N2O2S. The molecular weight excluding hydrogens is 396 g/mol. The molecule has 0 spiro atoms. The minimum atomic E-state index is -3.64. The molecule has 0 amide bonds. The van der Waals surface area contributed by atoms with Gasteiger partial charge in [0.05, 0.1) is 5.69 Å². The van der Waals surface area contributed by atoms with Gasteiger partial charge in [0.1, 0.15) is 10.7 Å². The fourth-order valence-corrected chi connectivity index (χ4v) is 4.66. The van der Waals surface area contributed by atoms with Crippen LogP contribution in [0, 0.1) is 6.92 Å². The molecule has 2 aromatic rings. The molecule has 0 fully saturated rings. The highest BCUT2D eigenvalue weighted by Gasteiger charge is 2.23. The van der Waals surface area contributed by atoms with Gasteiger partial charge in [0.2, 0.25) is 0 Å². The van der Waals surface area contributed by atoms with Crippen molar-refractivity contribution in [1.82, 2.24) is 8.96 Å². The van der Waals surface area contributed by atoms with E-state index in [1.807, 2.05) is 6.92 Å². The molecule has 0 aliphatic rings. The van der Waals surface area contributed by atoms with Crippen molar-refractivity contribution in [3.8, 4) is 0 Å². The summed E-state index contributed by atoms with van der Waals surface area (Å²) in [4.78, 5) is 4.45. The summed E-state index contributed by atoms with van der Waals surface area (Å²) in [6.07, 6.45) is 2.10. The molecule has 7 heteroatoms. The van der Waals surface area contributed by atoms with E-state index in [1.54, 1.807) is 31.3 Å². The molecule has 4 nitrogen and oxygen atoms in total. The first-order valence-corrected chi connectivity index (χ1v) is 8.64. The number of hydrogen-bond donors (Lipinski definition) is 0. The summed E-state index contributed by atoms with van der Waals surface area (Å²) in [5.41, 5.74) is 0.687. The lowest BCUT2D eigenvalue weighted by Crippen LogP contribution is -2.15. The van der Waals surface area contributed by atoms with Gasteiger partial charge in [-0.1, -0.05) is 22.9 Å². The molecule has 0 N–H and O–H groups in total. The van der Waals surface area contributed by atoms with Gasteiger partial charge in [0.15, 0.2) is 0 Å². The minimum absolute atomic E-state index is 0.217. The van der Waals surface area contributed by atoms with Crippen LogP contribution in [-0.4, -0.2) is 17.4 Å². The predicted molar refractivity (Wildman–Crippen MR) is 80.8 cm³/mol. The second-order valence-corrected chi connectivity index (χ2v) is 7.58. The van der Waals surface area contributed by atoms with Gasteiger partial charge in [-0.3, -0.25) is 0 Å². The molecule has 2 rings (SSSR count). The lowest BCUT2D eigenvalue weighted by molar-refractivity contribution is 0.584. The van der Waals surface area contributed by atoms with Crippen LogP contribution in [0.1, 0.15) is 18.4 Å². The maximum atomic E-state index is 12.7. The Balaban J connectivity index is 2.68. The van der Waals surface area contributed by atoms with Crippen LogP contribution >= 0.6 is 31.9 Å². The van der Waals surface area contributed by atoms with Gasteiger partial charge in [-0.15, -0.1) is 0 Å². The van der Waals surface area contributed by atoms with Crippen LogP contribution in [-0.2, 0) is 16.4 Å². The van der Waals surface area contributed by atoms with Crippen molar-refractivity contribution >= 4 is 41.9 Å². The molecule has 0 aliphatic heterocycles. The van der Waals surface area contributed by atoms with E-state index >= 15 is 0 Å². The van der Waals surface area contributed by atoms with Crippen LogP contribution < -0.4 is 0 Å². The highest BCUT2D eigenvalue weighted by atomic mass is 79.9. The number of benzene rings is 1. The maximum absolute atomic E-state index is 12.7. The van der Waals surface area contributed by atoms with E-state index in [9.17, 15) is 8.42 Å². The maximum Gasteiger partial charge on any atom is 0.270 e. The number of halogens is 2. The van der Waals surface area contributed by atoms with Crippen LogP contribution in [0.15, 0.2) is 38.2 Å². The third kappa shape index (κ3) is 2.78. The third-order valence-corrected chi connectivity index (χ3v) is 5.79. The molecule has 0 saturated heterocycles. The summed E-state index contributed by atoms with van der Waals surface area (Å²) in [6.45, 7) is 3.66. The molecule has 0 unspecified atom stereocenters. The van der Waals surface area contributed by atoms with E-state index in [0.717, 1.165) is 0 Å². The summed E-state index contributed by atoms with van der Waals surface area (Å²) in [7, 11) is -3.64. The summed E-state index contributed by atoms with van der Waals surface area (Å²) in [5.74, 6) is 0.532. The zero-order valence-electron chi connectivity index (χ0n) is 10.4. The average Bonchev–Trinajstić information content (AvgIpc) is 2.74. The van der Waals surface area contributed by atoms with Gasteiger partial charge >= 0.3 is 0 Å². The Hall–Kier alpha value is -0.660. The van der Waals surface area contributed by atoms with Crippen LogP contribution in [0.2, 0.25) is 0 Å². The zero-order valence-corrected chi connectivity index (χ0v) is 14.4. The lowest BCUT2D eigenvalue weighted by atomic mass is 10.4. The number of imidazole rings is 1. The standard InChI is InChI=1S/C12H12Br2N2O2S/c1-3-12-15-8(2)7-16(12)19(17,18)11-6-9(13)4-5-10(11)14/h4-7H,3H2,1-2H3. The first kappa shape index (κ1) is 14.7. The molecule has 1 aromatic heterocycles. The van der Waals surface area contributed by atoms with E-state index in [0.29, 0.717) is 26.9 Å². The van der Waals surface area contributed by atoms with E-state index < -0.39 is 10.0 Å². The fourth-order valence-electron chi connectivity index (χ4n) is 1.75. The summed E-state index contributed by atoms with van der Waals surface area (Å²) in [5, 5.41) is 0. The Labute approximate surface area is 129 Å². The Morgan fingerprint density at radius 1 is 1.32 bits per heavy atom. The smallest absolute Gasteiger partial charge is 0.238 e. The monoisotopic (exact) mass is 406 g/mol. The number of hydrogen-bond acceptors (Lipinski definition) is 3. The van der Waals surface area contributed by atoms with Crippen molar-refractivity contribution in [1.29, 1.82) is 0 Å². The Morgan fingerprint density at radius 2 is 2.00 bits per heavy atom. The molecule has 1 aromatic carbocycles. The number of rotatable bonds is 3. The van der Waals surface area contributed by atoms with Gasteiger partial charge in [-0.2, -0.15) is 0 Å². The van der Waals surface area contributed by atoms with Crippen LogP contribution in [0.5, 0.6) is 0 Å². The first-order valence-electron chi connectivity index (χ1n) is 5.61. The summed E-state index contributed by atoms with van der Waals surface area (Å²) >= 11 is 6.58. The highest BCUT2D eigenvalue weighted by molar-refractivity contribution is 9.11. The Bertz CT molecular complexity index is 723. The molecule has 0 bridgehead atoms. The van der Waals surface area contributed by atoms with Gasteiger partial charge in [-0.25, -0.2) is 17.4 Å². The quantitative estimate of drug-likeness (QED) is 0.782. The molecule has 1 heterocycles. The SMILES string of the molecule is CCc1nc(C)cn1S(=O)(=O)c1cc(Br)ccc1Br. The number of aryl methyl sites for hydroxylation is 2. The van der Waals surface area contributed by atoms with Gasteiger partial charge in [-0.05, 0) is 41.1 Å². The van der Waals surface area contributed by atoms with Crippen LogP contribution in [0.25, 0.3) is 0 Å². The Morgan fingerprint density at radius 3 is 2.63 bits per heavy atom. The average molecular weight is 408 g/mol. The zero-order chi connectivity index (χ0) is 14.2. The van der Waals surface area contributed by atoms with Crippen molar-refractivity contribution in [3.05, 3.63) is 44.9 Å². The van der Waals surface area contributed by atoms with Crippen molar-refractivity contribution in [2.45, 2.75) is 25.2 Å². The summed E-state index contributed by atoms with van der Waals surface area (Å²) in [6, 6.07) is 5.06. The lowest BCUT2D eigenvalue weighted by Gasteiger charge is -2.10. The van der Waals surface area contributed by atoms with E-state index in [4.69, 9.17) is 0 Å². The second kappa shape index (κ2) is 5.38. The Kier molecular flexibility index (Phi) is 4.17. The van der Waals surface area contributed by atoms with Crippen molar-refractivity contribution in [2.75, 3.05) is 0 Å². The third-order valence-electron chi connectivity index (χ3n) is 2.61. The van der Waals surface area contributed by atoms with Crippen molar-refractivity contribution < 1.29 is 8.42 Å². The first-order chi connectivity index (χ1) is 8.86. The molecule has 0 saturated carbocycles. The number of nitrogens with zero attached hydrogens (tertiary/aromatic N) is 2. The van der Waals surface area contributed by atoms with Gasteiger partial charge < -0.3 is 0 Å². The van der Waals surface area contributed by atoms with Gasteiger partial charge in [0.25, 0.3) is 10.0 Å². The minimum Gasteiger partial charge on any atom is -0.238 e. The molecule has 0 atom stereocenters. The highest BCUT2D eigenvalue weighted by Crippen LogP contribution is 2.28. The van der Waals surface area contributed by atoms with Crippen molar-refractivity contribution in [3.63, 3.8) is 0 Å². The number of aromatic nitrogens is 2. The molecule has 102 valence electrons. The molecule has 0 aliphatic carbocycles.